The van der Waals surface area contributed by atoms with Crippen molar-refractivity contribution in [2.24, 2.45) is 5.92 Å². The van der Waals surface area contributed by atoms with Gasteiger partial charge in [0.2, 0.25) is 0 Å². The van der Waals surface area contributed by atoms with Crippen LogP contribution in [-0.4, -0.2) is 18.5 Å². The lowest BCUT2D eigenvalue weighted by atomic mass is 9.96. The molecule has 0 N–H and O–H groups in total. The fraction of sp³-hybridized carbons (Fsp3) is 0.538. The van der Waals surface area contributed by atoms with Crippen LogP contribution in [0.1, 0.15) is 18.9 Å². The average Bonchev–Trinajstić information content (AvgIpc) is 2.28. The van der Waals surface area contributed by atoms with Crippen molar-refractivity contribution in [1.82, 2.24) is 0 Å². The lowest BCUT2D eigenvalue weighted by Gasteiger charge is -2.18. The van der Waals surface area contributed by atoms with Crippen molar-refractivity contribution in [2.75, 3.05) is 12.4 Å². The highest BCUT2D eigenvalue weighted by atomic mass is 79.9. The summed E-state index contributed by atoms with van der Waals surface area (Å²) in [5.41, 5.74) is 1.05. The predicted molar refractivity (Wildman–Crippen MR) is 68.5 cm³/mol. The molecule has 1 nitrogen and oxygen atoms in total. The number of methoxy groups -OCH3 is 1. The molecule has 3 heteroatoms. The van der Waals surface area contributed by atoms with E-state index >= 15 is 0 Å². The van der Waals surface area contributed by atoms with Gasteiger partial charge in [0.15, 0.2) is 0 Å². The molecule has 0 aliphatic rings. The first kappa shape index (κ1) is 13.7. The van der Waals surface area contributed by atoms with Crippen LogP contribution in [0.2, 0.25) is 0 Å². The second-order valence-electron chi connectivity index (χ2n) is 4.14. The van der Waals surface area contributed by atoms with Gasteiger partial charge in [-0.15, -0.1) is 0 Å². The van der Waals surface area contributed by atoms with Gasteiger partial charge in [0.1, 0.15) is 5.82 Å². The molecule has 1 rings (SSSR count). The Hall–Kier alpha value is -0.410. The molecule has 90 valence electrons. The zero-order valence-electron chi connectivity index (χ0n) is 9.75. The van der Waals surface area contributed by atoms with E-state index in [2.05, 4.69) is 22.9 Å². The summed E-state index contributed by atoms with van der Waals surface area (Å²) >= 11 is 3.50. The van der Waals surface area contributed by atoms with E-state index < -0.39 is 0 Å². The van der Waals surface area contributed by atoms with E-state index in [1.807, 2.05) is 6.07 Å². The van der Waals surface area contributed by atoms with Gasteiger partial charge in [0.25, 0.3) is 0 Å². The molecule has 0 heterocycles. The first-order chi connectivity index (χ1) is 7.65. The van der Waals surface area contributed by atoms with Crippen molar-refractivity contribution >= 4 is 15.9 Å². The maximum Gasteiger partial charge on any atom is 0.123 e. The van der Waals surface area contributed by atoms with Crippen LogP contribution in [0.15, 0.2) is 24.3 Å². The summed E-state index contributed by atoms with van der Waals surface area (Å²) in [4.78, 5) is 0. The molecule has 1 aromatic rings. The number of halogens is 2. The number of alkyl halides is 1. The van der Waals surface area contributed by atoms with Crippen LogP contribution < -0.4 is 0 Å². The van der Waals surface area contributed by atoms with E-state index in [0.29, 0.717) is 5.92 Å². The van der Waals surface area contributed by atoms with Crippen molar-refractivity contribution in [1.29, 1.82) is 0 Å². The van der Waals surface area contributed by atoms with Crippen molar-refractivity contribution in [2.45, 2.75) is 25.9 Å². The van der Waals surface area contributed by atoms with Gasteiger partial charge in [-0.05, 0) is 43.4 Å². The lowest BCUT2D eigenvalue weighted by Crippen LogP contribution is -2.16. The van der Waals surface area contributed by atoms with Crippen molar-refractivity contribution in [3.63, 3.8) is 0 Å². The van der Waals surface area contributed by atoms with Gasteiger partial charge in [-0.25, -0.2) is 4.39 Å². The largest absolute Gasteiger partial charge is 0.382 e. The number of benzene rings is 1. The minimum Gasteiger partial charge on any atom is -0.382 e. The first-order valence-corrected chi connectivity index (χ1v) is 6.61. The van der Waals surface area contributed by atoms with Gasteiger partial charge in [-0.3, -0.25) is 0 Å². The molecule has 0 saturated heterocycles. The van der Waals surface area contributed by atoms with Crippen molar-refractivity contribution in [3.8, 4) is 0 Å². The quantitative estimate of drug-likeness (QED) is 0.724. The van der Waals surface area contributed by atoms with E-state index in [9.17, 15) is 4.39 Å². The minimum atomic E-state index is -0.161. The highest BCUT2D eigenvalue weighted by Crippen LogP contribution is 2.18. The summed E-state index contributed by atoms with van der Waals surface area (Å²) in [5, 5.41) is 0.914. The lowest BCUT2D eigenvalue weighted by molar-refractivity contribution is 0.0981. The molecule has 16 heavy (non-hydrogen) atoms. The smallest absolute Gasteiger partial charge is 0.123 e. The van der Waals surface area contributed by atoms with E-state index in [0.717, 1.165) is 23.7 Å². The third-order valence-corrected chi connectivity index (χ3v) is 3.61. The van der Waals surface area contributed by atoms with Crippen LogP contribution in [0.5, 0.6) is 0 Å². The summed E-state index contributed by atoms with van der Waals surface area (Å²) in [6.45, 7) is 2.06. The third-order valence-electron chi connectivity index (χ3n) is 2.70. The van der Waals surface area contributed by atoms with Gasteiger partial charge in [0.05, 0.1) is 6.10 Å². The monoisotopic (exact) mass is 288 g/mol. The molecule has 0 saturated carbocycles. The fourth-order valence-corrected chi connectivity index (χ4v) is 2.26. The van der Waals surface area contributed by atoms with E-state index in [1.165, 1.54) is 6.07 Å². The van der Waals surface area contributed by atoms with Crippen LogP contribution in [0.4, 0.5) is 4.39 Å². The molecule has 2 atom stereocenters. The summed E-state index contributed by atoms with van der Waals surface area (Å²) in [5.74, 6) is 0.322. The normalized spacial score (nSPS) is 14.8. The molecule has 0 aliphatic carbocycles. The maximum absolute atomic E-state index is 13.0. The topological polar surface area (TPSA) is 9.23 Å². The number of hydrogen-bond donors (Lipinski definition) is 0. The van der Waals surface area contributed by atoms with Crippen LogP contribution in [0.25, 0.3) is 0 Å². The van der Waals surface area contributed by atoms with Crippen LogP contribution in [-0.2, 0) is 11.2 Å². The highest BCUT2D eigenvalue weighted by Gasteiger charge is 2.12. The maximum atomic E-state index is 13.0. The van der Waals surface area contributed by atoms with Crippen LogP contribution in [0.3, 0.4) is 0 Å². The molecule has 0 aliphatic heterocycles. The van der Waals surface area contributed by atoms with Gasteiger partial charge in [-0.1, -0.05) is 28.1 Å². The summed E-state index contributed by atoms with van der Waals surface area (Å²) in [6.07, 6.45) is 2.12. The van der Waals surface area contributed by atoms with E-state index in [4.69, 9.17) is 4.74 Å². The van der Waals surface area contributed by atoms with Gasteiger partial charge < -0.3 is 4.74 Å². The third kappa shape index (κ3) is 4.62. The Kier molecular flexibility index (Phi) is 5.99. The molecule has 2 unspecified atom stereocenters. The standard InChI is InChI=1S/C13H18BrFO/c1-10(16-2)6-12(9-14)7-11-4-3-5-13(15)8-11/h3-5,8,10,12H,6-7,9H2,1-2H3. The SMILES string of the molecule is COC(C)CC(CBr)Cc1cccc(F)c1. The molecule has 1 aromatic carbocycles. The molecular formula is C13H18BrFO. The molecule has 0 fully saturated rings. The zero-order valence-corrected chi connectivity index (χ0v) is 11.3. The highest BCUT2D eigenvalue weighted by molar-refractivity contribution is 9.09. The van der Waals surface area contributed by atoms with Gasteiger partial charge >= 0.3 is 0 Å². The second-order valence-corrected chi connectivity index (χ2v) is 4.78. The van der Waals surface area contributed by atoms with Crippen molar-refractivity contribution in [3.05, 3.63) is 35.6 Å². The molecule has 0 amide bonds. The molecule has 0 aromatic heterocycles. The van der Waals surface area contributed by atoms with Gasteiger partial charge in [0, 0.05) is 12.4 Å². The Bertz CT molecular complexity index is 317. The Morgan fingerprint density at radius 1 is 1.44 bits per heavy atom. The fourth-order valence-electron chi connectivity index (χ4n) is 1.76. The number of rotatable bonds is 6. The zero-order chi connectivity index (χ0) is 12.0. The predicted octanol–water partition coefficient (Wildman–Crippen LogP) is 3.80. The Balaban J connectivity index is 2.56. The minimum absolute atomic E-state index is 0.161. The average molecular weight is 289 g/mol. The molecular weight excluding hydrogens is 271 g/mol. The van der Waals surface area contributed by atoms with Crippen LogP contribution >= 0.6 is 15.9 Å². The first-order valence-electron chi connectivity index (χ1n) is 5.49. The van der Waals surface area contributed by atoms with E-state index in [1.54, 1.807) is 19.2 Å². The Morgan fingerprint density at radius 2 is 2.19 bits per heavy atom. The second kappa shape index (κ2) is 7.02. The van der Waals surface area contributed by atoms with Crippen LogP contribution in [0, 0.1) is 11.7 Å². The summed E-state index contributed by atoms with van der Waals surface area (Å²) in [7, 11) is 1.72. The molecule has 0 bridgehead atoms. The van der Waals surface area contributed by atoms with E-state index in [-0.39, 0.29) is 11.9 Å². The Morgan fingerprint density at radius 3 is 2.75 bits per heavy atom. The van der Waals surface area contributed by atoms with Crippen molar-refractivity contribution < 1.29 is 9.13 Å². The molecule has 0 radical (unpaired) electrons. The van der Waals surface area contributed by atoms with Gasteiger partial charge in [-0.2, -0.15) is 0 Å². The molecule has 0 spiro atoms. The number of ether oxygens (including phenoxy) is 1. The summed E-state index contributed by atoms with van der Waals surface area (Å²) in [6, 6.07) is 6.81. The summed E-state index contributed by atoms with van der Waals surface area (Å²) < 4.78 is 18.3. The number of hydrogen-bond acceptors (Lipinski definition) is 1. The Labute approximate surface area is 105 Å².